The molecule has 35 heavy (non-hydrogen) atoms. The van der Waals surface area contributed by atoms with E-state index in [1.807, 2.05) is 12.1 Å². The topological polar surface area (TPSA) is 91.7 Å². The van der Waals surface area contributed by atoms with Gasteiger partial charge >= 0.3 is 0 Å². The number of benzene rings is 2. The normalized spacial score (nSPS) is 13.9. The molecule has 0 atom stereocenters. The molecule has 10 heteroatoms. The van der Waals surface area contributed by atoms with Crippen molar-refractivity contribution >= 4 is 45.5 Å². The third-order valence-electron chi connectivity index (χ3n) is 5.86. The molecule has 0 saturated carbocycles. The van der Waals surface area contributed by atoms with Crippen molar-refractivity contribution in [2.75, 3.05) is 58.9 Å². The monoisotopic (exact) mass is 515 g/mol. The molecule has 4 rings (SSSR count). The zero-order chi connectivity index (χ0) is 24.8. The molecular formula is C25H27Cl2N5O3. The predicted molar refractivity (Wildman–Crippen MR) is 139 cm³/mol. The van der Waals surface area contributed by atoms with Crippen LogP contribution in [0.1, 0.15) is 12.0 Å². The average molecular weight is 516 g/mol. The Morgan fingerprint density at radius 1 is 1.06 bits per heavy atom. The van der Waals surface area contributed by atoms with Crippen LogP contribution in [0.15, 0.2) is 30.5 Å². The molecule has 2 heterocycles. The third kappa shape index (κ3) is 5.82. The van der Waals surface area contributed by atoms with Crippen LogP contribution in [-0.2, 0) is 0 Å². The van der Waals surface area contributed by atoms with Crippen LogP contribution in [0.5, 0.6) is 17.2 Å². The summed E-state index contributed by atoms with van der Waals surface area (Å²) in [6, 6.07) is 9.11. The van der Waals surface area contributed by atoms with Crippen LogP contribution in [0.2, 0.25) is 10.0 Å². The molecule has 1 fully saturated rings. The third-order valence-corrected chi connectivity index (χ3v) is 6.47. The Hall–Kier alpha value is -2.96. The van der Waals surface area contributed by atoms with E-state index >= 15 is 0 Å². The van der Waals surface area contributed by atoms with E-state index in [0.29, 0.717) is 61.7 Å². The van der Waals surface area contributed by atoms with Gasteiger partial charge in [-0.25, -0.2) is 0 Å². The second kappa shape index (κ2) is 11.6. The van der Waals surface area contributed by atoms with Gasteiger partial charge in [-0.05, 0) is 18.6 Å². The summed E-state index contributed by atoms with van der Waals surface area (Å²) in [5, 5.41) is 17.8. The number of nitriles is 1. The van der Waals surface area contributed by atoms with E-state index in [2.05, 4.69) is 26.6 Å². The Labute approximate surface area is 214 Å². The van der Waals surface area contributed by atoms with E-state index in [1.165, 1.54) is 13.3 Å². The number of piperazine rings is 1. The Balaban J connectivity index is 1.60. The van der Waals surface area contributed by atoms with Gasteiger partial charge in [0.2, 0.25) is 0 Å². The lowest BCUT2D eigenvalue weighted by molar-refractivity contribution is 0.211. The minimum atomic E-state index is 0.356. The summed E-state index contributed by atoms with van der Waals surface area (Å²) in [6.45, 7) is 5.72. The van der Waals surface area contributed by atoms with Crippen LogP contribution in [-0.4, -0.2) is 63.4 Å². The number of rotatable bonds is 9. The van der Waals surface area contributed by atoms with E-state index in [-0.39, 0.29) is 0 Å². The fourth-order valence-electron chi connectivity index (χ4n) is 4.01. The maximum absolute atomic E-state index is 9.73. The average Bonchev–Trinajstić information content (AvgIpc) is 2.88. The number of anilines is 2. The molecule has 0 amide bonds. The van der Waals surface area contributed by atoms with Crippen molar-refractivity contribution in [3.8, 4) is 23.3 Å². The van der Waals surface area contributed by atoms with Gasteiger partial charge in [-0.1, -0.05) is 23.2 Å². The van der Waals surface area contributed by atoms with Crippen LogP contribution in [0, 0.1) is 11.3 Å². The molecule has 2 aromatic carbocycles. The minimum absolute atomic E-state index is 0.356. The van der Waals surface area contributed by atoms with Gasteiger partial charge in [-0.15, -0.1) is 0 Å². The number of nitrogens with zero attached hydrogens (tertiary/aromatic N) is 3. The Morgan fingerprint density at radius 3 is 2.54 bits per heavy atom. The maximum Gasteiger partial charge on any atom is 0.163 e. The lowest BCUT2D eigenvalue weighted by Gasteiger charge is -2.27. The zero-order valence-corrected chi connectivity index (χ0v) is 21.2. The number of methoxy groups -OCH3 is 2. The highest BCUT2D eigenvalue weighted by molar-refractivity contribution is 6.37. The quantitative estimate of drug-likeness (QED) is 0.390. The second-order valence-corrected chi connectivity index (χ2v) is 8.88. The Bertz CT molecular complexity index is 1240. The molecule has 184 valence electrons. The van der Waals surface area contributed by atoms with Crippen molar-refractivity contribution in [3.63, 3.8) is 0 Å². The van der Waals surface area contributed by atoms with E-state index in [4.69, 9.17) is 37.4 Å². The number of nitrogens with one attached hydrogen (secondary N) is 2. The largest absolute Gasteiger partial charge is 0.495 e. The van der Waals surface area contributed by atoms with E-state index in [9.17, 15) is 5.26 Å². The molecule has 1 saturated heterocycles. The summed E-state index contributed by atoms with van der Waals surface area (Å²) in [5.74, 6) is 1.62. The molecule has 3 aromatic rings. The first-order valence-electron chi connectivity index (χ1n) is 11.3. The molecule has 0 spiro atoms. The van der Waals surface area contributed by atoms with E-state index in [0.717, 1.165) is 39.1 Å². The van der Waals surface area contributed by atoms with Gasteiger partial charge in [0.25, 0.3) is 0 Å². The first-order valence-corrected chi connectivity index (χ1v) is 12.1. The standard InChI is InChI=1S/C25H27Cl2N5O3/c1-33-22-13-21(18(26)11-19(22)27)31-25-16(14-28)15-30-20-12-24(23(34-2)10-17(20)25)35-9-3-6-32-7-4-29-5-8-32/h10-13,15,29H,3-9H2,1-2H3,(H,30,31). The molecule has 0 unspecified atom stereocenters. The SMILES string of the molecule is COc1cc(Nc2c(C#N)cnc3cc(OCCCN4CCNCC4)c(OC)cc23)c(Cl)cc1Cl. The molecule has 8 nitrogen and oxygen atoms in total. The van der Waals surface area contributed by atoms with E-state index < -0.39 is 0 Å². The lowest BCUT2D eigenvalue weighted by Crippen LogP contribution is -2.43. The smallest absolute Gasteiger partial charge is 0.163 e. The fourth-order valence-corrected chi connectivity index (χ4v) is 4.52. The molecule has 2 N–H and O–H groups in total. The highest BCUT2D eigenvalue weighted by atomic mass is 35.5. The van der Waals surface area contributed by atoms with Crippen molar-refractivity contribution in [3.05, 3.63) is 46.1 Å². The van der Waals surface area contributed by atoms with Gasteiger partial charge in [-0.2, -0.15) is 5.26 Å². The molecule has 0 radical (unpaired) electrons. The van der Waals surface area contributed by atoms with Gasteiger partial charge in [0.15, 0.2) is 11.5 Å². The van der Waals surface area contributed by atoms with Gasteiger partial charge in [0.05, 0.1) is 53.3 Å². The summed E-state index contributed by atoms with van der Waals surface area (Å²) in [4.78, 5) is 6.90. The molecule has 1 aliphatic rings. The van der Waals surface area contributed by atoms with Crippen LogP contribution in [0.25, 0.3) is 10.9 Å². The summed E-state index contributed by atoms with van der Waals surface area (Å²) in [7, 11) is 3.11. The van der Waals surface area contributed by atoms with Gasteiger partial charge < -0.3 is 29.7 Å². The van der Waals surface area contributed by atoms with Crippen LogP contribution >= 0.6 is 23.2 Å². The highest BCUT2D eigenvalue weighted by Gasteiger charge is 2.17. The van der Waals surface area contributed by atoms with Crippen LogP contribution in [0.4, 0.5) is 11.4 Å². The number of hydrogen-bond acceptors (Lipinski definition) is 8. The summed E-state index contributed by atoms with van der Waals surface area (Å²) < 4.78 is 17.0. The van der Waals surface area contributed by atoms with Gasteiger partial charge in [0.1, 0.15) is 11.8 Å². The molecular weight excluding hydrogens is 489 g/mol. The number of pyridine rings is 1. The van der Waals surface area contributed by atoms with E-state index in [1.54, 1.807) is 19.2 Å². The second-order valence-electron chi connectivity index (χ2n) is 8.06. The molecule has 0 aliphatic carbocycles. The number of fused-ring (bicyclic) bond motifs is 1. The van der Waals surface area contributed by atoms with Gasteiger partial charge in [-0.3, -0.25) is 4.98 Å². The molecule has 0 bridgehead atoms. The van der Waals surface area contributed by atoms with Gasteiger partial charge in [0, 0.05) is 56.4 Å². The van der Waals surface area contributed by atoms with Crippen LogP contribution < -0.4 is 24.8 Å². The lowest BCUT2D eigenvalue weighted by atomic mass is 10.1. The first kappa shape index (κ1) is 25.1. The predicted octanol–water partition coefficient (Wildman–Crippen LogP) is 4.85. The van der Waals surface area contributed by atoms with Crippen molar-refractivity contribution in [1.82, 2.24) is 15.2 Å². The van der Waals surface area contributed by atoms with Crippen molar-refractivity contribution in [2.45, 2.75) is 6.42 Å². The van der Waals surface area contributed by atoms with Crippen LogP contribution in [0.3, 0.4) is 0 Å². The van der Waals surface area contributed by atoms with Crippen molar-refractivity contribution in [1.29, 1.82) is 5.26 Å². The zero-order valence-electron chi connectivity index (χ0n) is 19.7. The maximum atomic E-state index is 9.73. The molecule has 1 aliphatic heterocycles. The number of hydrogen-bond donors (Lipinski definition) is 2. The summed E-state index contributed by atoms with van der Waals surface area (Å²) in [5.41, 5.74) is 2.10. The number of aromatic nitrogens is 1. The summed E-state index contributed by atoms with van der Waals surface area (Å²) >= 11 is 12.6. The summed E-state index contributed by atoms with van der Waals surface area (Å²) in [6.07, 6.45) is 2.43. The van der Waals surface area contributed by atoms with Crippen molar-refractivity contribution in [2.24, 2.45) is 0 Å². The Morgan fingerprint density at radius 2 is 1.83 bits per heavy atom. The fraction of sp³-hybridized carbons (Fsp3) is 0.360. The number of ether oxygens (including phenoxy) is 3. The number of halogens is 2. The Kier molecular flexibility index (Phi) is 8.37. The minimum Gasteiger partial charge on any atom is -0.495 e. The van der Waals surface area contributed by atoms with Crippen molar-refractivity contribution < 1.29 is 14.2 Å². The molecule has 1 aromatic heterocycles. The highest BCUT2D eigenvalue weighted by Crippen LogP contribution is 2.40. The first-order chi connectivity index (χ1) is 17.0.